The van der Waals surface area contributed by atoms with Gasteiger partial charge >= 0.3 is 0 Å². The molecule has 3 rings (SSSR count). The lowest BCUT2D eigenvalue weighted by molar-refractivity contribution is 0.414. The molecule has 0 N–H and O–H groups in total. The van der Waals surface area contributed by atoms with Gasteiger partial charge in [-0.2, -0.15) is 5.10 Å². The summed E-state index contributed by atoms with van der Waals surface area (Å²) in [6, 6.07) is 3.79. The molecular weight excluding hydrogens is 178 g/mol. The van der Waals surface area contributed by atoms with Crippen molar-refractivity contribution in [3.8, 4) is 5.75 Å². The molecule has 0 radical (unpaired) electrons. The van der Waals surface area contributed by atoms with Crippen molar-refractivity contribution in [3.05, 3.63) is 24.2 Å². The molecular formula is C10H11N3O. The number of pyridine rings is 1. The third kappa shape index (κ3) is 1.14. The predicted molar refractivity (Wildman–Crippen MR) is 51.5 cm³/mol. The van der Waals surface area contributed by atoms with Crippen LogP contribution in [0.15, 0.2) is 18.3 Å². The zero-order valence-corrected chi connectivity index (χ0v) is 7.97. The van der Waals surface area contributed by atoms with Crippen LogP contribution in [0, 0.1) is 0 Å². The van der Waals surface area contributed by atoms with Gasteiger partial charge in [0.05, 0.1) is 7.11 Å². The Kier molecular flexibility index (Phi) is 1.50. The van der Waals surface area contributed by atoms with Crippen LogP contribution in [0.4, 0.5) is 0 Å². The van der Waals surface area contributed by atoms with Gasteiger partial charge in [0, 0.05) is 18.2 Å². The summed E-state index contributed by atoms with van der Waals surface area (Å²) in [6.07, 6.45) is 4.34. The first-order valence-electron chi connectivity index (χ1n) is 4.77. The lowest BCUT2D eigenvalue weighted by Crippen LogP contribution is -1.89. The monoisotopic (exact) mass is 189 g/mol. The molecule has 1 saturated carbocycles. The number of aromatic nitrogens is 3. The van der Waals surface area contributed by atoms with Gasteiger partial charge in [-0.05, 0) is 18.9 Å². The average Bonchev–Trinajstić information content (AvgIpc) is 2.97. The van der Waals surface area contributed by atoms with Crippen LogP contribution in [-0.4, -0.2) is 21.7 Å². The van der Waals surface area contributed by atoms with E-state index in [0.717, 1.165) is 17.2 Å². The maximum absolute atomic E-state index is 5.13. The van der Waals surface area contributed by atoms with Crippen LogP contribution < -0.4 is 4.74 Å². The Hall–Kier alpha value is -1.58. The fourth-order valence-electron chi connectivity index (χ4n) is 1.52. The van der Waals surface area contributed by atoms with Crippen LogP contribution in [0.3, 0.4) is 0 Å². The van der Waals surface area contributed by atoms with E-state index in [-0.39, 0.29) is 0 Å². The van der Waals surface area contributed by atoms with Gasteiger partial charge in [-0.15, -0.1) is 0 Å². The van der Waals surface area contributed by atoms with Gasteiger partial charge in [0.15, 0.2) is 11.5 Å². The third-order valence-corrected chi connectivity index (χ3v) is 2.50. The normalized spacial score (nSPS) is 16.1. The Morgan fingerprint density at radius 2 is 2.36 bits per heavy atom. The molecule has 0 spiro atoms. The molecule has 14 heavy (non-hydrogen) atoms. The first-order chi connectivity index (χ1) is 6.86. The topological polar surface area (TPSA) is 39.4 Å². The van der Waals surface area contributed by atoms with Crippen molar-refractivity contribution >= 4 is 5.65 Å². The van der Waals surface area contributed by atoms with E-state index < -0.39 is 0 Å². The number of hydrogen-bond acceptors (Lipinski definition) is 3. The molecule has 0 aromatic carbocycles. The summed E-state index contributed by atoms with van der Waals surface area (Å²) in [7, 11) is 1.66. The van der Waals surface area contributed by atoms with Crippen LogP contribution in [-0.2, 0) is 0 Å². The summed E-state index contributed by atoms with van der Waals surface area (Å²) >= 11 is 0. The van der Waals surface area contributed by atoms with Gasteiger partial charge in [-0.1, -0.05) is 0 Å². The number of ether oxygens (including phenoxy) is 1. The molecule has 4 heteroatoms. The first-order valence-corrected chi connectivity index (χ1v) is 4.77. The van der Waals surface area contributed by atoms with Crippen molar-refractivity contribution in [1.29, 1.82) is 0 Å². The van der Waals surface area contributed by atoms with Gasteiger partial charge < -0.3 is 4.74 Å². The highest BCUT2D eigenvalue weighted by Crippen LogP contribution is 2.38. The second-order valence-corrected chi connectivity index (χ2v) is 3.61. The van der Waals surface area contributed by atoms with Crippen LogP contribution in [0.25, 0.3) is 5.65 Å². The minimum Gasteiger partial charge on any atom is -0.497 e. The Labute approximate surface area is 81.5 Å². The van der Waals surface area contributed by atoms with E-state index >= 15 is 0 Å². The quantitative estimate of drug-likeness (QED) is 0.720. The molecule has 1 aliphatic carbocycles. The first kappa shape index (κ1) is 7.79. The molecule has 0 bridgehead atoms. The maximum Gasteiger partial charge on any atom is 0.159 e. The molecule has 1 fully saturated rings. The summed E-state index contributed by atoms with van der Waals surface area (Å²) in [5, 5.41) is 4.40. The molecule has 72 valence electrons. The Balaban J connectivity index is 2.12. The molecule has 4 nitrogen and oxygen atoms in total. The number of methoxy groups -OCH3 is 1. The van der Waals surface area contributed by atoms with Gasteiger partial charge in [0.2, 0.25) is 0 Å². The van der Waals surface area contributed by atoms with Crippen molar-refractivity contribution in [2.45, 2.75) is 18.8 Å². The van der Waals surface area contributed by atoms with E-state index in [1.807, 2.05) is 18.3 Å². The minimum absolute atomic E-state index is 0.598. The Morgan fingerprint density at radius 1 is 1.50 bits per heavy atom. The van der Waals surface area contributed by atoms with Crippen LogP contribution >= 0.6 is 0 Å². The van der Waals surface area contributed by atoms with E-state index in [4.69, 9.17) is 4.74 Å². The highest BCUT2D eigenvalue weighted by atomic mass is 16.5. The van der Waals surface area contributed by atoms with Crippen LogP contribution in [0.1, 0.15) is 24.6 Å². The highest BCUT2D eigenvalue weighted by Gasteiger charge is 2.27. The predicted octanol–water partition coefficient (Wildman–Crippen LogP) is 1.62. The summed E-state index contributed by atoms with van der Waals surface area (Å²) < 4.78 is 6.93. The van der Waals surface area contributed by atoms with Gasteiger partial charge in [-0.3, -0.25) is 0 Å². The van der Waals surface area contributed by atoms with Gasteiger partial charge in [0.25, 0.3) is 0 Å². The molecule has 0 atom stereocenters. The second-order valence-electron chi connectivity index (χ2n) is 3.61. The van der Waals surface area contributed by atoms with Gasteiger partial charge in [0.1, 0.15) is 5.75 Å². The zero-order chi connectivity index (χ0) is 9.54. The minimum atomic E-state index is 0.598. The lowest BCUT2D eigenvalue weighted by atomic mass is 10.4. The summed E-state index contributed by atoms with van der Waals surface area (Å²) in [6.45, 7) is 0. The van der Waals surface area contributed by atoms with Crippen molar-refractivity contribution in [3.63, 3.8) is 0 Å². The Bertz CT molecular complexity index is 473. The van der Waals surface area contributed by atoms with Crippen molar-refractivity contribution in [2.75, 3.05) is 7.11 Å². The second kappa shape index (κ2) is 2.70. The standard InChI is InChI=1S/C10H11N3O/c1-14-8-4-5-13-9(6-8)11-10(12-13)7-2-3-7/h4-7H,2-3H2,1H3. The zero-order valence-electron chi connectivity index (χ0n) is 7.97. The highest BCUT2D eigenvalue weighted by molar-refractivity contribution is 5.43. The molecule has 2 aromatic rings. The molecule has 1 aliphatic rings. The number of nitrogens with zero attached hydrogens (tertiary/aromatic N) is 3. The van der Waals surface area contributed by atoms with E-state index in [1.165, 1.54) is 12.8 Å². The fourth-order valence-corrected chi connectivity index (χ4v) is 1.52. The summed E-state index contributed by atoms with van der Waals surface area (Å²) in [5.74, 6) is 2.39. The van der Waals surface area contributed by atoms with Crippen LogP contribution in [0.5, 0.6) is 5.75 Å². The van der Waals surface area contributed by atoms with Crippen molar-refractivity contribution in [2.24, 2.45) is 0 Å². The number of fused-ring (bicyclic) bond motifs is 1. The SMILES string of the molecule is COc1ccn2nc(C3CC3)nc2c1. The molecule has 2 heterocycles. The summed E-state index contributed by atoms with van der Waals surface area (Å²) in [4.78, 5) is 4.46. The number of rotatable bonds is 2. The third-order valence-electron chi connectivity index (χ3n) is 2.50. The lowest BCUT2D eigenvalue weighted by Gasteiger charge is -1.97. The molecule has 2 aromatic heterocycles. The largest absolute Gasteiger partial charge is 0.497 e. The van der Waals surface area contributed by atoms with E-state index in [1.54, 1.807) is 11.6 Å². The maximum atomic E-state index is 5.13. The molecule has 0 amide bonds. The van der Waals surface area contributed by atoms with E-state index in [2.05, 4.69) is 10.1 Å². The molecule has 0 unspecified atom stereocenters. The average molecular weight is 189 g/mol. The van der Waals surface area contributed by atoms with E-state index in [9.17, 15) is 0 Å². The summed E-state index contributed by atoms with van der Waals surface area (Å²) in [5.41, 5.74) is 0.867. The van der Waals surface area contributed by atoms with Crippen LogP contribution in [0.2, 0.25) is 0 Å². The van der Waals surface area contributed by atoms with Crippen molar-refractivity contribution < 1.29 is 4.74 Å². The molecule has 0 aliphatic heterocycles. The van der Waals surface area contributed by atoms with E-state index in [0.29, 0.717) is 5.92 Å². The van der Waals surface area contributed by atoms with Gasteiger partial charge in [-0.25, -0.2) is 9.50 Å². The van der Waals surface area contributed by atoms with Crippen molar-refractivity contribution in [1.82, 2.24) is 14.6 Å². The number of hydrogen-bond donors (Lipinski definition) is 0. The molecule has 0 saturated heterocycles. The Morgan fingerprint density at radius 3 is 3.07 bits per heavy atom. The smallest absolute Gasteiger partial charge is 0.159 e. The fraction of sp³-hybridized carbons (Fsp3) is 0.400.